The van der Waals surface area contributed by atoms with Gasteiger partial charge in [0.25, 0.3) is 5.91 Å². The van der Waals surface area contributed by atoms with Crippen LogP contribution in [0.4, 0.5) is 10.9 Å². The van der Waals surface area contributed by atoms with Gasteiger partial charge in [-0.05, 0) is 25.2 Å². The molecule has 0 aromatic carbocycles. The Hall–Kier alpha value is -1.30. The van der Waals surface area contributed by atoms with E-state index in [0.29, 0.717) is 15.8 Å². The molecule has 3 N–H and O–H groups in total. The number of nitrogens with zero attached hydrogens (tertiary/aromatic N) is 2. The summed E-state index contributed by atoms with van der Waals surface area (Å²) in [6.45, 7) is 3.91. The molecule has 1 aromatic rings. The Morgan fingerprint density at radius 2 is 2.30 bits per heavy atom. The Kier molecular flexibility index (Phi) is 5.23. The van der Waals surface area contributed by atoms with E-state index in [1.165, 1.54) is 30.6 Å². The SMILES string of the molecule is CCCC1CCCN(C(=O)c2sc(NC)nc2N)CC1. The number of amides is 1. The van der Waals surface area contributed by atoms with Gasteiger partial charge in [0.2, 0.25) is 0 Å². The van der Waals surface area contributed by atoms with E-state index in [1.807, 2.05) is 4.90 Å². The van der Waals surface area contributed by atoms with Crippen molar-refractivity contribution in [2.24, 2.45) is 5.92 Å². The van der Waals surface area contributed by atoms with Gasteiger partial charge < -0.3 is 16.0 Å². The number of aromatic nitrogens is 1. The maximum Gasteiger partial charge on any atom is 0.267 e. The standard InChI is InChI=1S/C14H24N4OS/c1-3-5-10-6-4-8-18(9-7-10)13(19)11-12(15)17-14(16-2)20-11/h10H,3-9,15H2,1-2H3,(H,16,17). The molecule has 20 heavy (non-hydrogen) atoms. The maximum absolute atomic E-state index is 12.6. The highest BCUT2D eigenvalue weighted by atomic mass is 32.1. The van der Waals surface area contributed by atoms with E-state index in [1.54, 1.807) is 7.05 Å². The quantitative estimate of drug-likeness (QED) is 0.896. The molecule has 0 saturated carbocycles. The van der Waals surface area contributed by atoms with E-state index in [4.69, 9.17) is 5.73 Å². The van der Waals surface area contributed by atoms with Gasteiger partial charge in [0, 0.05) is 20.1 Å². The minimum absolute atomic E-state index is 0.0404. The highest BCUT2D eigenvalue weighted by molar-refractivity contribution is 7.18. The van der Waals surface area contributed by atoms with Gasteiger partial charge in [0.05, 0.1) is 0 Å². The lowest BCUT2D eigenvalue weighted by atomic mass is 9.96. The average Bonchev–Trinajstić information content (AvgIpc) is 2.67. The molecule has 1 saturated heterocycles. The predicted octanol–water partition coefficient (Wildman–Crippen LogP) is 2.81. The molecule has 1 fully saturated rings. The van der Waals surface area contributed by atoms with E-state index in [9.17, 15) is 4.79 Å². The predicted molar refractivity (Wildman–Crippen MR) is 84.2 cm³/mol. The Bertz CT molecular complexity index is 460. The van der Waals surface area contributed by atoms with Crippen LogP contribution in [0.3, 0.4) is 0 Å². The number of carbonyl (C=O) groups excluding carboxylic acids is 1. The fourth-order valence-electron chi connectivity index (χ4n) is 2.80. The van der Waals surface area contributed by atoms with E-state index < -0.39 is 0 Å². The summed E-state index contributed by atoms with van der Waals surface area (Å²) in [6, 6.07) is 0. The third kappa shape index (κ3) is 3.42. The molecule has 0 aliphatic carbocycles. The first kappa shape index (κ1) is 15.1. The molecule has 2 rings (SSSR count). The molecule has 0 bridgehead atoms. The van der Waals surface area contributed by atoms with Gasteiger partial charge in [0.1, 0.15) is 10.7 Å². The first-order valence-electron chi connectivity index (χ1n) is 7.39. The third-order valence-electron chi connectivity index (χ3n) is 3.89. The van der Waals surface area contributed by atoms with Crippen molar-refractivity contribution in [3.63, 3.8) is 0 Å². The fraction of sp³-hybridized carbons (Fsp3) is 0.714. The molecule has 1 atom stereocenters. The molecule has 1 amide bonds. The second kappa shape index (κ2) is 6.92. The van der Waals surface area contributed by atoms with Crippen molar-refractivity contribution in [3.8, 4) is 0 Å². The Morgan fingerprint density at radius 3 is 2.95 bits per heavy atom. The summed E-state index contributed by atoms with van der Waals surface area (Å²) in [6.07, 6.45) is 5.93. The van der Waals surface area contributed by atoms with Crippen LogP contribution in [0.2, 0.25) is 0 Å². The zero-order valence-corrected chi connectivity index (χ0v) is 13.1. The molecule has 1 aliphatic rings. The van der Waals surface area contributed by atoms with E-state index >= 15 is 0 Å². The van der Waals surface area contributed by atoms with E-state index in [2.05, 4.69) is 17.2 Å². The van der Waals surface area contributed by atoms with Gasteiger partial charge in [-0.3, -0.25) is 4.79 Å². The van der Waals surface area contributed by atoms with Crippen LogP contribution in [0, 0.1) is 5.92 Å². The summed E-state index contributed by atoms with van der Waals surface area (Å²) >= 11 is 1.34. The average molecular weight is 296 g/mol. The Labute approximate surface area is 124 Å². The summed E-state index contributed by atoms with van der Waals surface area (Å²) in [5.74, 6) is 1.15. The molecule has 5 nitrogen and oxygen atoms in total. The van der Waals surface area contributed by atoms with Gasteiger partial charge >= 0.3 is 0 Å². The van der Waals surface area contributed by atoms with Gasteiger partial charge in [-0.25, -0.2) is 4.98 Å². The number of thiazole rings is 1. The second-order valence-electron chi connectivity index (χ2n) is 5.36. The summed E-state index contributed by atoms with van der Waals surface area (Å²) in [5.41, 5.74) is 5.85. The number of nitrogens with one attached hydrogen (secondary N) is 1. The molecule has 1 unspecified atom stereocenters. The van der Waals surface area contributed by atoms with Crippen molar-refractivity contribution in [2.75, 3.05) is 31.2 Å². The van der Waals surface area contributed by atoms with Crippen LogP contribution >= 0.6 is 11.3 Å². The van der Waals surface area contributed by atoms with Crippen LogP contribution in [0.5, 0.6) is 0 Å². The molecular weight excluding hydrogens is 272 g/mol. The van der Waals surface area contributed by atoms with Crippen molar-refractivity contribution in [1.29, 1.82) is 0 Å². The number of hydrogen-bond donors (Lipinski definition) is 2. The van der Waals surface area contributed by atoms with Crippen molar-refractivity contribution in [3.05, 3.63) is 4.88 Å². The molecular formula is C14H24N4OS. The van der Waals surface area contributed by atoms with Crippen molar-refractivity contribution < 1.29 is 4.79 Å². The largest absolute Gasteiger partial charge is 0.382 e. The summed E-state index contributed by atoms with van der Waals surface area (Å²) in [7, 11) is 1.79. The fourth-order valence-corrected chi connectivity index (χ4v) is 3.61. The van der Waals surface area contributed by atoms with Crippen LogP contribution in [0.15, 0.2) is 0 Å². The highest BCUT2D eigenvalue weighted by Crippen LogP contribution is 2.28. The highest BCUT2D eigenvalue weighted by Gasteiger charge is 2.24. The summed E-state index contributed by atoms with van der Waals surface area (Å²) in [5, 5.41) is 3.64. The summed E-state index contributed by atoms with van der Waals surface area (Å²) < 4.78 is 0. The van der Waals surface area contributed by atoms with Crippen molar-refractivity contribution >= 4 is 28.2 Å². The normalized spacial score (nSPS) is 19.7. The lowest BCUT2D eigenvalue weighted by molar-refractivity contribution is 0.0765. The lowest BCUT2D eigenvalue weighted by Crippen LogP contribution is -2.31. The third-order valence-corrected chi connectivity index (χ3v) is 4.97. The molecule has 0 radical (unpaired) electrons. The Balaban J connectivity index is 2.03. The number of nitrogens with two attached hydrogens (primary N) is 1. The van der Waals surface area contributed by atoms with Crippen LogP contribution in [0.1, 0.15) is 48.7 Å². The van der Waals surface area contributed by atoms with Crippen LogP contribution in [-0.2, 0) is 0 Å². The molecule has 0 spiro atoms. The van der Waals surface area contributed by atoms with Gasteiger partial charge in [0.15, 0.2) is 5.13 Å². The number of anilines is 2. The zero-order chi connectivity index (χ0) is 14.5. The first-order valence-corrected chi connectivity index (χ1v) is 8.20. The number of hydrogen-bond acceptors (Lipinski definition) is 5. The molecule has 6 heteroatoms. The van der Waals surface area contributed by atoms with Crippen molar-refractivity contribution in [2.45, 2.75) is 39.0 Å². The zero-order valence-electron chi connectivity index (χ0n) is 12.3. The lowest BCUT2D eigenvalue weighted by Gasteiger charge is -2.19. The first-order chi connectivity index (χ1) is 9.65. The number of carbonyl (C=O) groups is 1. The minimum atomic E-state index is 0.0404. The minimum Gasteiger partial charge on any atom is -0.382 e. The van der Waals surface area contributed by atoms with Gasteiger partial charge in [-0.1, -0.05) is 31.1 Å². The van der Waals surface area contributed by atoms with E-state index in [0.717, 1.165) is 31.8 Å². The number of nitrogen functional groups attached to an aromatic ring is 1. The van der Waals surface area contributed by atoms with Crippen LogP contribution in [0.25, 0.3) is 0 Å². The summed E-state index contributed by atoms with van der Waals surface area (Å²) in [4.78, 5) is 19.2. The molecule has 1 aromatic heterocycles. The van der Waals surface area contributed by atoms with Crippen molar-refractivity contribution in [1.82, 2.24) is 9.88 Å². The Morgan fingerprint density at radius 1 is 1.50 bits per heavy atom. The van der Waals surface area contributed by atoms with Gasteiger partial charge in [-0.2, -0.15) is 0 Å². The van der Waals surface area contributed by atoms with Crippen LogP contribution < -0.4 is 11.1 Å². The van der Waals surface area contributed by atoms with E-state index in [-0.39, 0.29) is 5.91 Å². The monoisotopic (exact) mass is 296 g/mol. The second-order valence-corrected chi connectivity index (χ2v) is 6.36. The molecule has 1 aliphatic heterocycles. The number of likely N-dealkylation sites (tertiary alicyclic amines) is 1. The topological polar surface area (TPSA) is 71.2 Å². The van der Waals surface area contributed by atoms with Gasteiger partial charge in [-0.15, -0.1) is 0 Å². The molecule has 2 heterocycles. The number of rotatable bonds is 4. The maximum atomic E-state index is 12.6. The molecule has 112 valence electrons. The smallest absolute Gasteiger partial charge is 0.267 e. The van der Waals surface area contributed by atoms with Crippen LogP contribution in [-0.4, -0.2) is 35.9 Å².